The van der Waals surface area contributed by atoms with Gasteiger partial charge in [0.1, 0.15) is 11.5 Å². The fourth-order valence-electron chi connectivity index (χ4n) is 4.13. The average Bonchev–Trinajstić information content (AvgIpc) is 2.91. The lowest BCUT2D eigenvalue weighted by atomic mass is 10.2. The molecule has 0 spiro atoms. The molecule has 1 aliphatic heterocycles. The number of halogens is 4. The van der Waals surface area contributed by atoms with Crippen LogP contribution in [0.3, 0.4) is 0 Å². The van der Waals surface area contributed by atoms with Crippen molar-refractivity contribution >= 4 is 23.2 Å². The standard InChI is InChI=1S/C28H34ClF3N2O7/c1-4-5-6-7-12-33(15-26-38-16-18(2)17-39-26)27(35)19(3)40-25-14-21(9-10-23(25)34(36)37)41-24-11-8-20(13-22(24)29)28(30,31)32/h8-11,13-14,18-19,26H,4-7,12,15-17H2,1-3H3. The molecule has 0 radical (unpaired) electrons. The zero-order valence-corrected chi connectivity index (χ0v) is 23.9. The van der Waals surface area contributed by atoms with Crippen LogP contribution in [0.25, 0.3) is 0 Å². The van der Waals surface area contributed by atoms with Gasteiger partial charge in [-0.25, -0.2) is 0 Å². The highest BCUT2D eigenvalue weighted by atomic mass is 35.5. The number of rotatable bonds is 13. The van der Waals surface area contributed by atoms with Crippen molar-refractivity contribution < 1.29 is 41.8 Å². The zero-order valence-electron chi connectivity index (χ0n) is 23.1. The van der Waals surface area contributed by atoms with Gasteiger partial charge in [-0.1, -0.05) is 44.7 Å². The van der Waals surface area contributed by atoms with Crippen molar-refractivity contribution in [3.63, 3.8) is 0 Å². The number of nitrogens with zero attached hydrogens (tertiary/aromatic N) is 2. The van der Waals surface area contributed by atoms with Crippen LogP contribution in [0.15, 0.2) is 36.4 Å². The molecule has 0 N–H and O–H groups in total. The third kappa shape index (κ3) is 9.47. The Hall–Kier alpha value is -3.09. The largest absolute Gasteiger partial charge is 0.474 e. The first-order valence-corrected chi connectivity index (χ1v) is 13.8. The second-order valence-corrected chi connectivity index (χ2v) is 10.3. The highest BCUT2D eigenvalue weighted by molar-refractivity contribution is 6.32. The Kier molecular flexibility index (Phi) is 11.6. The predicted molar refractivity (Wildman–Crippen MR) is 145 cm³/mol. The van der Waals surface area contributed by atoms with Crippen molar-refractivity contribution in [2.75, 3.05) is 26.3 Å². The number of nitro benzene ring substituents is 1. The monoisotopic (exact) mass is 602 g/mol. The van der Waals surface area contributed by atoms with Gasteiger partial charge in [0.25, 0.3) is 5.91 Å². The first-order chi connectivity index (χ1) is 19.4. The molecular formula is C28H34ClF3N2O7. The Bertz CT molecular complexity index is 1190. The van der Waals surface area contributed by atoms with Crippen LogP contribution in [-0.4, -0.2) is 54.4 Å². The minimum Gasteiger partial charge on any atom is -0.474 e. The maximum Gasteiger partial charge on any atom is 0.416 e. The van der Waals surface area contributed by atoms with E-state index in [1.165, 1.54) is 19.1 Å². The Labute approximate surface area is 241 Å². The summed E-state index contributed by atoms with van der Waals surface area (Å²) in [4.78, 5) is 26.0. The van der Waals surface area contributed by atoms with E-state index in [4.69, 9.17) is 30.5 Å². The van der Waals surface area contributed by atoms with Gasteiger partial charge in [-0.2, -0.15) is 13.2 Å². The van der Waals surface area contributed by atoms with E-state index in [9.17, 15) is 28.1 Å². The van der Waals surface area contributed by atoms with Gasteiger partial charge >= 0.3 is 11.9 Å². The molecular weight excluding hydrogens is 569 g/mol. The summed E-state index contributed by atoms with van der Waals surface area (Å²) in [7, 11) is 0. The van der Waals surface area contributed by atoms with Crippen molar-refractivity contribution in [2.45, 2.75) is 65.0 Å². The molecule has 0 aromatic heterocycles. The van der Waals surface area contributed by atoms with Gasteiger partial charge in [-0.3, -0.25) is 14.9 Å². The highest BCUT2D eigenvalue weighted by Crippen LogP contribution is 2.38. The second-order valence-electron chi connectivity index (χ2n) is 9.94. The molecule has 2 aromatic carbocycles. The molecule has 1 heterocycles. The van der Waals surface area contributed by atoms with E-state index in [1.807, 2.05) is 6.92 Å². The van der Waals surface area contributed by atoms with Gasteiger partial charge in [-0.15, -0.1) is 0 Å². The van der Waals surface area contributed by atoms with E-state index in [1.54, 1.807) is 4.90 Å². The van der Waals surface area contributed by atoms with Crippen molar-refractivity contribution in [3.8, 4) is 17.2 Å². The van der Waals surface area contributed by atoms with Crippen LogP contribution in [-0.2, 0) is 20.4 Å². The quantitative estimate of drug-likeness (QED) is 0.135. The minimum absolute atomic E-state index is 0.0152. The molecule has 0 aliphatic carbocycles. The van der Waals surface area contributed by atoms with E-state index in [0.29, 0.717) is 19.8 Å². The molecule has 0 bridgehead atoms. The molecule has 226 valence electrons. The fourth-order valence-corrected chi connectivity index (χ4v) is 4.35. The maximum absolute atomic E-state index is 13.4. The number of unbranched alkanes of at least 4 members (excludes halogenated alkanes) is 3. The third-order valence-electron chi connectivity index (χ3n) is 6.36. The number of ether oxygens (including phenoxy) is 4. The van der Waals surface area contributed by atoms with Crippen LogP contribution in [0.5, 0.6) is 17.2 Å². The molecule has 13 heteroatoms. The first-order valence-electron chi connectivity index (χ1n) is 13.4. The Morgan fingerprint density at radius 3 is 2.46 bits per heavy atom. The number of alkyl halides is 3. The number of amides is 1. The maximum atomic E-state index is 13.4. The summed E-state index contributed by atoms with van der Waals surface area (Å²) >= 11 is 5.98. The molecule has 1 fully saturated rings. The lowest BCUT2D eigenvalue weighted by Crippen LogP contribution is -2.47. The van der Waals surface area contributed by atoms with Crippen LogP contribution in [0.1, 0.15) is 52.0 Å². The molecule has 3 rings (SSSR count). The molecule has 41 heavy (non-hydrogen) atoms. The fraction of sp³-hybridized carbons (Fsp3) is 0.536. The van der Waals surface area contributed by atoms with Gasteiger partial charge in [-0.05, 0) is 37.6 Å². The van der Waals surface area contributed by atoms with E-state index >= 15 is 0 Å². The normalized spacial score (nSPS) is 18.0. The minimum atomic E-state index is -4.59. The number of benzene rings is 2. The molecule has 1 atom stereocenters. The molecule has 9 nitrogen and oxygen atoms in total. The molecule has 1 unspecified atom stereocenters. The van der Waals surface area contributed by atoms with Gasteiger partial charge in [0.05, 0.1) is 35.3 Å². The summed E-state index contributed by atoms with van der Waals surface area (Å²) in [6.45, 7) is 7.20. The third-order valence-corrected chi connectivity index (χ3v) is 6.66. The summed E-state index contributed by atoms with van der Waals surface area (Å²) in [5.41, 5.74) is -1.37. The number of carbonyl (C=O) groups is 1. The van der Waals surface area contributed by atoms with Crippen LogP contribution >= 0.6 is 11.6 Å². The predicted octanol–water partition coefficient (Wildman–Crippen LogP) is 7.24. The smallest absolute Gasteiger partial charge is 0.416 e. The Balaban J connectivity index is 1.77. The summed E-state index contributed by atoms with van der Waals surface area (Å²) in [5, 5.41) is 11.4. The van der Waals surface area contributed by atoms with E-state index < -0.39 is 40.7 Å². The topological polar surface area (TPSA) is 100 Å². The second kappa shape index (κ2) is 14.7. The summed E-state index contributed by atoms with van der Waals surface area (Å²) in [6.07, 6.45) is -2.57. The van der Waals surface area contributed by atoms with Crippen molar-refractivity contribution in [2.24, 2.45) is 5.92 Å². The number of nitro groups is 1. The first kappa shape index (κ1) is 32.4. The molecule has 1 aliphatic rings. The SMILES string of the molecule is CCCCCCN(CC1OCC(C)CO1)C(=O)C(C)Oc1cc(Oc2ccc(C(F)(F)F)cc2Cl)ccc1[N+](=O)[O-]. The number of hydrogen-bond acceptors (Lipinski definition) is 7. The summed E-state index contributed by atoms with van der Waals surface area (Å²) in [6, 6.07) is 6.13. The van der Waals surface area contributed by atoms with Crippen LogP contribution in [0.2, 0.25) is 5.02 Å². The van der Waals surface area contributed by atoms with Gasteiger partial charge in [0.2, 0.25) is 5.75 Å². The van der Waals surface area contributed by atoms with Crippen LogP contribution < -0.4 is 9.47 Å². The van der Waals surface area contributed by atoms with Crippen LogP contribution in [0, 0.1) is 16.0 Å². The van der Waals surface area contributed by atoms with Crippen molar-refractivity contribution in [1.82, 2.24) is 4.90 Å². The van der Waals surface area contributed by atoms with E-state index in [0.717, 1.165) is 49.9 Å². The lowest BCUT2D eigenvalue weighted by molar-refractivity contribution is -0.386. The van der Waals surface area contributed by atoms with Gasteiger partial charge in [0, 0.05) is 24.6 Å². The zero-order chi connectivity index (χ0) is 30.2. The van der Waals surface area contributed by atoms with Crippen molar-refractivity contribution in [3.05, 3.63) is 57.1 Å². The Morgan fingerprint density at radius 2 is 1.85 bits per heavy atom. The summed E-state index contributed by atoms with van der Waals surface area (Å²) < 4.78 is 61.7. The molecule has 0 saturated carbocycles. The highest BCUT2D eigenvalue weighted by Gasteiger charge is 2.32. The molecule has 2 aromatic rings. The van der Waals surface area contributed by atoms with E-state index in [-0.39, 0.29) is 34.7 Å². The van der Waals surface area contributed by atoms with Gasteiger partial charge < -0.3 is 23.8 Å². The number of hydrogen-bond donors (Lipinski definition) is 0. The molecule has 1 saturated heterocycles. The lowest BCUT2D eigenvalue weighted by Gasteiger charge is -2.33. The van der Waals surface area contributed by atoms with Gasteiger partial charge in [0.15, 0.2) is 12.4 Å². The summed E-state index contributed by atoms with van der Waals surface area (Å²) in [5.74, 6) is -0.486. The van der Waals surface area contributed by atoms with Crippen LogP contribution in [0.4, 0.5) is 18.9 Å². The number of carbonyl (C=O) groups excluding carboxylic acids is 1. The Morgan fingerprint density at radius 1 is 1.15 bits per heavy atom. The van der Waals surface area contributed by atoms with E-state index in [2.05, 4.69) is 6.92 Å². The molecule has 1 amide bonds. The average molecular weight is 603 g/mol. The van der Waals surface area contributed by atoms with Crippen molar-refractivity contribution in [1.29, 1.82) is 0 Å².